The van der Waals surface area contributed by atoms with Crippen LogP contribution in [0.25, 0.3) is 0 Å². The van der Waals surface area contributed by atoms with Gasteiger partial charge in [-0.1, -0.05) is 64.0 Å². The van der Waals surface area contributed by atoms with E-state index in [4.69, 9.17) is 0 Å². The predicted molar refractivity (Wildman–Crippen MR) is 94.5 cm³/mol. The molecule has 122 valence electrons. The maximum Gasteiger partial charge on any atom is 0.242 e. The zero-order valence-corrected chi connectivity index (χ0v) is 15.3. The van der Waals surface area contributed by atoms with E-state index < -0.39 is 14.9 Å². The van der Waals surface area contributed by atoms with Crippen LogP contribution in [0.2, 0.25) is 0 Å². The van der Waals surface area contributed by atoms with Crippen molar-refractivity contribution in [3.8, 4) is 0 Å². The second-order valence-corrected chi connectivity index (χ2v) is 8.45. The van der Waals surface area contributed by atoms with Gasteiger partial charge in [-0.15, -0.1) is 0 Å². The van der Waals surface area contributed by atoms with Gasteiger partial charge < -0.3 is 0 Å². The lowest BCUT2D eigenvalue weighted by Gasteiger charge is -2.20. The SMILES string of the molecule is Cc1ccc(S(=O)(=O)N(C)CC(Br)C(=O)c2ccccc2)cc1. The minimum atomic E-state index is -3.62. The number of alkyl halides is 1. The van der Waals surface area contributed by atoms with Crippen molar-refractivity contribution in [1.82, 2.24) is 4.31 Å². The van der Waals surface area contributed by atoms with Gasteiger partial charge >= 0.3 is 0 Å². The summed E-state index contributed by atoms with van der Waals surface area (Å²) in [5, 5.41) is 0. The number of benzene rings is 2. The van der Waals surface area contributed by atoms with Gasteiger partial charge in [-0.05, 0) is 19.1 Å². The highest BCUT2D eigenvalue weighted by atomic mass is 79.9. The number of hydrogen-bond donors (Lipinski definition) is 0. The lowest BCUT2D eigenvalue weighted by molar-refractivity contribution is 0.0986. The fourth-order valence-electron chi connectivity index (χ4n) is 2.08. The Morgan fingerprint density at radius 3 is 2.22 bits per heavy atom. The fourth-order valence-corrected chi connectivity index (χ4v) is 4.16. The molecular weight excluding hydrogens is 378 g/mol. The van der Waals surface area contributed by atoms with Crippen molar-refractivity contribution < 1.29 is 13.2 Å². The van der Waals surface area contributed by atoms with Gasteiger partial charge in [0.15, 0.2) is 5.78 Å². The third kappa shape index (κ3) is 4.28. The van der Waals surface area contributed by atoms with Crippen LogP contribution in [0.3, 0.4) is 0 Å². The number of sulfonamides is 1. The first-order valence-electron chi connectivity index (χ1n) is 7.08. The summed E-state index contributed by atoms with van der Waals surface area (Å²) in [6.07, 6.45) is 0. The molecule has 0 aliphatic rings. The van der Waals surface area contributed by atoms with Crippen LogP contribution in [0.4, 0.5) is 0 Å². The molecule has 0 radical (unpaired) electrons. The van der Waals surface area contributed by atoms with Crippen molar-refractivity contribution in [3.05, 3.63) is 65.7 Å². The number of hydrogen-bond acceptors (Lipinski definition) is 3. The second-order valence-electron chi connectivity index (χ2n) is 5.30. The smallest absolute Gasteiger partial charge is 0.242 e. The molecule has 0 aromatic heterocycles. The number of nitrogens with zero attached hydrogens (tertiary/aromatic N) is 1. The molecule has 0 N–H and O–H groups in total. The van der Waals surface area contributed by atoms with Gasteiger partial charge in [0.2, 0.25) is 10.0 Å². The van der Waals surface area contributed by atoms with Crippen LogP contribution in [0.5, 0.6) is 0 Å². The van der Waals surface area contributed by atoms with Crippen LogP contribution in [-0.4, -0.2) is 36.9 Å². The van der Waals surface area contributed by atoms with Gasteiger partial charge in [0, 0.05) is 19.2 Å². The van der Waals surface area contributed by atoms with Crippen molar-refractivity contribution in [2.24, 2.45) is 0 Å². The molecule has 0 heterocycles. The zero-order chi connectivity index (χ0) is 17.0. The van der Waals surface area contributed by atoms with Crippen LogP contribution in [0, 0.1) is 6.92 Å². The van der Waals surface area contributed by atoms with E-state index in [1.807, 2.05) is 13.0 Å². The molecule has 0 aliphatic heterocycles. The van der Waals surface area contributed by atoms with Crippen LogP contribution >= 0.6 is 15.9 Å². The highest BCUT2D eigenvalue weighted by molar-refractivity contribution is 9.10. The van der Waals surface area contributed by atoms with E-state index in [2.05, 4.69) is 15.9 Å². The number of carbonyl (C=O) groups is 1. The lowest BCUT2D eigenvalue weighted by atomic mass is 10.1. The molecule has 0 bridgehead atoms. The minimum absolute atomic E-state index is 0.0595. The van der Waals surface area contributed by atoms with Crippen LogP contribution in [0.15, 0.2) is 59.5 Å². The predicted octanol–water partition coefficient (Wildman–Crippen LogP) is 3.26. The third-order valence-electron chi connectivity index (χ3n) is 3.49. The van der Waals surface area contributed by atoms with Crippen LogP contribution in [-0.2, 0) is 10.0 Å². The van der Waals surface area contributed by atoms with E-state index in [1.165, 1.54) is 11.4 Å². The summed E-state index contributed by atoms with van der Waals surface area (Å²) in [7, 11) is -2.14. The summed E-state index contributed by atoms with van der Waals surface area (Å²) < 4.78 is 26.3. The average Bonchev–Trinajstić information content (AvgIpc) is 2.55. The molecule has 4 nitrogen and oxygen atoms in total. The highest BCUT2D eigenvalue weighted by Crippen LogP contribution is 2.18. The maximum absolute atomic E-state index is 12.5. The summed E-state index contributed by atoms with van der Waals surface area (Å²) in [5.74, 6) is -0.142. The summed E-state index contributed by atoms with van der Waals surface area (Å²) in [6, 6.07) is 15.5. The second kappa shape index (κ2) is 7.38. The van der Waals surface area contributed by atoms with Crippen molar-refractivity contribution in [3.63, 3.8) is 0 Å². The maximum atomic E-state index is 12.5. The Balaban J connectivity index is 2.13. The number of halogens is 1. The van der Waals surface area contributed by atoms with E-state index in [-0.39, 0.29) is 17.2 Å². The number of ketones is 1. The fraction of sp³-hybridized carbons (Fsp3) is 0.235. The van der Waals surface area contributed by atoms with Crippen molar-refractivity contribution in [2.45, 2.75) is 16.6 Å². The monoisotopic (exact) mass is 395 g/mol. The molecule has 0 saturated carbocycles. The molecule has 2 aromatic rings. The molecule has 6 heteroatoms. The topological polar surface area (TPSA) is 54.5 Å². The van der Waals surface area contributed by atoms with Crippen LogP contribution in [0.1, 0.15) is 15.9 Å². The molecular formula is C17H18BrNO3S. The van der Waals surface area contributed by atoms with Gasteiger partial charge in [-0.3, -0.25) is 4.79 Å². The Kier molecular flexibility index (Phi) is 5.73. The molecule has 1 atom stereocenters. The molecule has 0 amide bonds. The molecule has 0 spiro atoms. The molecule has 2 rings (SSSR count). The molecule has 0 fully saturated rings. The third-order valence-corrected chi connectivity index (χ3v) is 6.03. The zero-order valence-electron chi connectivity index (χ0n) is 12.9. The van der Waals surface area contributed by atoms with Gasteiger partial charge in [-0.25, -0.2) is 8.42 Å². The number of Topliss-reactive ketones (excluding diaryl/α,β-unsaturated/α-hetero) is 1. The van der Waals surface area contributed by atoms with E-state index in [0.717, 1.165) is 5.56 Å². The van der Waals surface area contributed by atoms with Gasteiger partial charge in [0.25, 0.3) is 0 Å². The van der Waals surface area contributed by atoms with Gasteiger partial charge in [-0.2, -0.15) is 4.31 Å². The summed E-state index contributed by atoms with van der Waals surface area (Å²) in [4.78, 5) is 11.9. The average molecular weight is 396 g/mol. The van der Waals surface area contributed by atoms with Crippen molar-refractivity contribution in [1.29, 1.82) is 0 Å². The number of rotatable bonds is 6. The largest absolute Gasteiger partial charge is 0.293 e. The summed E-state index contributed by atoms with van der Waals surface area (Å²) in [5.41, 5.74) is 1.54. The first kappa shape index (κ1) is 17.8. The van der Waals surface area contributed by atoms with Crippen molar-refractivity contribution in [2.75, 3.05) is 13.6 Å². The first-order chi connectivity index (χ1) is 10.8. The Morgan fingerprint density at radius 1 is 1.09 bits per heavy atom. The van der Waals surface area contributed by atoms with Crippen LogP contribution < -0.4 is 0 Å². The standard InChI is InChI=1S/C17H18BrNO3S/c1-13-8-10-15(11-9-13)23(21,22)19(2)12-16(18)17(20)14-6-4-3-5-7-14/h3-11,16H,12H2,1-2H3. The number of carbonyl (C=O) groups excluding carboxylic acids is 1. The molecule has 1 unspecified atom stereocenters. The summed E-state index contributed by atoms with van der Waals surface area (Å²) >= 11 is 3.30. The Bertz CT molecular complexity index is 773. The normalized spacial score (nSPS) is 13.0. The highest BCUT2D eigenvalue weighted by Gasteiger charge is 2.26. The van der Waals surface area contributed by atoms with E-state index >= 15 is 0 Å². The molecule has 2 aromatic carbocycles. The molecule has 23 heavy (non-hydrogen) atoms. The number of aryl methyl sites for hydroxylation is 1. The van der Waals surface area contributed by atoms with Crippen molar-refractivity contribution >= 4 is 31.7 Å². The Morgan fingerprint density at radius 2 is 1.65 bits per heavy atom. The lowest BCUT2D eigenvalue weighted by Crippen LogP contribution is -2.35. The van der Waals surface area contributed by atoms with E-state index in [9.17, 15) is 13.2 Å². The van der Waals surface area contributed by atoms with Gasteiger partial charge in [0.05, 0.1) is 9.72 Å². The quantitative estimate of drug-likeness (QED) is 0.556. The van der Waals surface area contributed by atoms with E-state index in [1.54, 1.807) is 48.5 Å². The summed E-state index contributed by atoms with van der Waals surface area (Å²) in [6.45, 7) is 1.96. The minimum Gasteiger partial charge on any atom is -0.293 e. The van der Waals surface area contributed by atoms with E-state index in [0.29, 0.717) is 5.56 Å². The Labute approximate surface area is 145 Å². The first-order valence-corrected chi connectivity index (χ1v) is 9.44. The van der Waals surface area contributed by atoms with Gasteiger partial charge in [0.1, 0.15) is 0 Å². The molecule has 0 saturated heterocycles. The molecule has 0 aliphatic carbocycles. The Hall–Kier alpha value is -1.50.